The average Bonchev–Trinajstić information content (AvgIpc) is 2.94. The monoisotopic (exact) mass is 401 g/mol. The Morgan fingerprint density at radius 3 is 2.59 bits per heavy atom. The molecule has 27 heavy (non-hydrogen) atoms. The number of hydrogen-bond acceptors (Lipinski definition) is 7. The van der Waals surface area contributed by atoms with Crippen LogP contribution in [0.25, 0.3) is 0 Å². The number of amides is 2. The lowest BCUT2D eigenvalue weighted by Crippen LogP contribution is -2.43. The highest BCUT2D eigenvalue weighted by Crippen LogP contribution is 2.34. The van der Waals surface area contributed by atoms with Crippen LogP contribution in [0.3, 0.4) is 0 Å². The van der Waals surface area contributed by atoms with Crippen molar-refractivity contribution in [2.75, 3.05) is 39.3 Å². The van der Waals surface area contributed by atoms with Crippen LogP contribution in [0.5, 0.6) is 0 Å². The Morgan fingerprint density at radius 2 is 1.93 bits per heavy atom. The number of rotatable bonds is 12. The van der Waals surface area contributed by atoms with Gasteiger partial charge in [0.05, 0.1) is 31.7 Å². The Kier molecular flexibility index (Phi) is 9.75. The van der Waals surface area contributed by atoms with Gasteiger partial charge in [-0.2, -0.15) is 0 Å². The predicted octanol–water partition coefficient (Wildman–Crippen LogP) is 1.41. The fourth-order valence-corrected chi connectivity index (χ4v) is 4.70. The van der Waals surface area contributed by atoms with Gasteiger partial charge in [-0.25, -0.2) is 0 Å². The van der Waals surface area contributed by atoms with E-state index < -0.39 is 0 Å². The number of carbonyl (C=O) groups excluding carboxylic acids is 3. The van der Waals surface area contributed by atoms with E-state index >= 15 is 0 Å². The van der Waals surface area contributed by atoms with Crippen LogP contribution in [0.15, 0.2) is 0 Å². The van der Waals surface area contributed by atoms with Crippen molar-refractivity contribution in [1.82, 2.24) is 4.90 Å². The van der Waals surface area contributed by atoms with Crippen LogP contribution in [0.2, 0.25) is 0 Å². The zero-order valence-electron chi connectivity index (χ0n) is 16.1. The summed E-state index contributed by atoms with van der Waals surface area (Å²) in [5, 5.41) is 8.57. The second-order valence-electron chi connectivity index (χ2n) is 7.16. The molecule has 0 bridgehead atoms. The van der Waals surface area contributed by atoms with E-state index in [0.717, 1.165) is 25.7 Å². The molecule has 2 fully saturated rings. The minimum Gasteiger partial charge on any atom is -0.396 e. The van der Waals surface area contributed by atoms with Gasteiger partial charge in [0.15, 0.2) is 0 Å². The molecular weight excluding hydrogens is 370 g/mol. The smallest absolute Gasteiger partial charge is 0.243 e. The van der Waals surface area contributed by atoms with Crippen molar-refractivity contribution in [3.8, 4) is 0 Å². The molecule has 154 valence electrons. The molecule has 1 saturated carbocycles. The van der Waals surface area contributed by atoms with Crippen LogP contribution < -0.4 is 0 Å². The molecule has 0 spiro atoms. The Morgan fingerprint density at radius 1 is 1.19 bits per heavy atom. The molecule has 1 N–H and O–H groups in total. The van der Waals surface area contributed by atoms with Gasteiger partial charge in [0, 0.05) is 38.2 Å². The van der Waals surface area contributed by atoms with Crippen molar-refractivity contribution < 1.29 is 29.0 Å². The van der Waals surface area contributed by atoms with E-state index in [4.69, 9.17) is 14.6 Å². The number of methoxy groups -OCH3 is 1. The lowest BCUT2D eigenvalue weighted by molar-refractivity contribution is -0.142. The number of ketones is 1. The summed E-state index contributed by atoms with van der Waals surface area (Å²) in [6, 6.07) is -0.0338. The first-order chi connectivity index (χ1) is 13.1. The Hall–Kier alpha value is -0.960. The van der Waals surface area contributed by atoms with E-state index in [-0.39, 0.29) is 41.9 Å². The maximum absolute atomic E-state index is 12.5. The van der Waals surface area contributed by atoms with Gasteiger partial charge in [-0.15, -0.1) is 11.8 Å². The lowest BCUT2D eigenvalue weighted by atomic mass is 9.82. The van der Waals surface area contributed by atoms with E-state index in [1.165, 1.54) is 16.7 Å². The van der Waals surface area contributed by atoms with Crippen molar-refractivity contribution in [3.63, 3.8) is 0 Å². The van der Waals surface area contributed by atoms with Crippen LogP contribution in [-0.2, 0) is 23.9 Å². The summed E-state index contributed by atoms with van der Waals surface area (Å²) in [4.78, 5) is 38.3. The number of imide groups is 1. The molecule has 0 aromatic heterocycles. The summed E-state index contributed by atoms with van der Waals surface area (Å²) >= 11 is 1.36. The number of likely N-dealkylation sites (tertiary alicyclic amines) is 1. The number of hydrogen-bond donors (Lipinski definition) is 1. The van der Waals surface area contributed by atoms with Crippen molar-refractivity contribution in [2.24, 2.45) is 5.92 Å². The number of aliphatic hydroxyl groups excluding tert-OH is 1. The summed E-state index contributed by atoms with van der Waals surface area (Å²) in [5.41, 5.74) is 0. The fraction of sp³-hybridized carbons (Fsp3) is 0.842. The average molecular weight is 402 g/mol. The van der Waals surface area contributed by atoms with Crippen molar-refractivity contribution in [1.29, 1.82) is 0 Å². The van der Waals surface area contributed by atoms with E-state index in [1.807, 2.05) is 0 Å². The molecule has 1 saturated heterocycles. The number of aliphatic hydroxyl groups is 1. The maximum Gasteiger partial charge on any atom is 0.243 e. The van der Waals surface area contributed by atoms with Gasteiger partial charge in [-0.05, 0) is 31.6 Å². The van der Waals surface area contributed by atoms with Gasteiger partial charge in [-0.1, -0.05) is 0 Å². The topological polar surface area (TPSA) is 93.1 Å². The van der Waals surface area contributed by atoms with Crippen LogP contribution in [0, 0.1) is 5.92 Å². The first-order valence-electron chi connectivity index (χ1n) is 9.73. The Balaban J connectivity index is 1.69. The highest BCUT2D eigenvalue weighted by Gasteiger charge is 2.43. The summed E-state index contributed by atoms with van der Waals surface area (Å²) in [5.74, 6) is 0.820. The van der Waals surface area contributed by atoms with Gasteiger partial charge in [0.25, 0.3) is 0 Å². The normalized spacial score (nSPS) is 26.0. The Labute approximate surface area is 165 Å². The van der Waals surface area contributed by atoms with Gasteiger partial charge in [-0.3, -0.25) is 19.3 Å². The fourth-order valence-electron chi connectivity index (χ4n) is 3.79. The highest BCUT2D eigenvalue weighted by atomic mass is 32.2. The first-order valence-corrected chi connectivity index (χ1v) is 10.8. The van der Waals surface area contributed by atoms with E-state index in [9.17, 15) is 14.4 Å². The minimum atomic E-state index is -0.345. The van der Waals surface area contributed by atoms with E-state index in [1.54, 1.807) is 7.11 Å². The molecule has 2 aliphatic rings. The maximum atomic E-state index is 12.5. The van der Waals surface area contributed by atoms with Crippen LogP contribution in [-0.4, -0.2) is 78.2 Å². The number of carbonyl (C=O) groups is 3. The molecule has 0 aromatic rings. The first kappa shape index (κ1) is 22.3. The van der Waals surface area contributed by atoms with Crippen LogP contribution in [0.4, 0.5) is 0 Å². The zero-order chi connectivity index (χ0) is 19.6. The number of thioether (sulfide) groups is 1. The number of ether oxygens (including phenoxy) is 2. The molecule has 1 unspecified atom stereocenters. The molecule has 1 atom stereocenters. The molecule has 1 aliphatic heterocycles. The standard InChI is InChI=1S/C19H31NO6S/c1-25-9-10-26-8-6-16(22)12-14-2-4-15(5-3-14)20-18(23)13-17(19(20)24)27-11-7-21/h14-15,17,21H,2-13H2,1H3. The third kappa shape index (κ3) is 6.85. The Bertz CT molecular complexity index is 506. The van der Waals surface area contributed by atoms with Gasteiger partial charge < -0.3 is 14.6 Å². The molecule has 1 aliphatic carbocycles. The van der Waals surface area contributed by atoms with E-state index in [2.05, 4.69) is 0 Å². The largest absolute Gasteiger partial charge is 0.396 e. The molecule has 2 amide bonds. The van der Waals surface area contributed by atoms with Crippen molar-refractivity contribution in [2.45, 2.75) is 56.2 Å². The minimum absolute atomic E-state index is 0.0131. The number of Topliss-reactive ketones (excluding diaryl/α,β-unsaturated/α-hetero) is 1. The summed E-state index contributed by atoms with van der Waals surface area (Å²) < 4.78 is 10.2. The molecular formula is C19H31NO6S. The van der Waals surface area contributed by atoms with Crippen LogP contribution >= 0.6 is 11.8 Å². The quantitative estimate of drug-likeness (QED) is 0.390. The van der Waals surface area contributed by atoms with Gasteiger partial charge >= 0.3 is 0 Å². The lowest BCUT2D eigenvalue weighted by Gasteiger charge is -2.33. The highest BCUT2D eigenvalue weighted by molar-refractivity contribution is 8.00. The van der Waals surface area contributed by atoms with Crippen LogP contribution in [0.1, 0.15) is 44.9 Å². The molecule has 7 nitrogen and oxygen atoms in total. The van der Waals surface area contributed by atoms with Crippen molar-refractivity contribution in [3.05, 3.63) is 0 Å². The summed E-state index contributed by atoms with van der Waals surface area (Å²) in [6.45, 7) is 1.48. The number of nitrogens with zero attached hydrogens (tertiary/aromatic N) is 1. The SMILES string of the molecule is COCCOCCC(=O)CC1CCC(N2C(=O)CC(SCCO)C2=O)CC1. The third-order valence-corrected chi connectivity index (χ3v) is 6.40. The summed E-state index contributed by atoms with van der Waals surface area (Å²) in [6.07, 6.45) is 4.51. The van der Waals surface area contributed by atoms with Gasteiger partial charge in [0.2, 0.25) is 11.8 Å². The zero-order valence-corrected chi connectivity index (χ0v) is 16.9. The molecule has 2 rings (SSSR count). The van der Waals surface area contributed by atoms with Crippen molar-refractivity contribution >= 4 is 29.4 Å². The second kappa shape index (κ2) is 11.8. The molecule has 1 heterocycles. The van der Waals surface area contributed by atoms with Gasteiger partial charge in [0.1, 0.15) is 5.78 Å². The molecule has 8 heteroatoms. The molecule has 0 aromatic carbocycles. The third-order valence-electron chi connectivity index (χ3n) is 5.21. The van der Waals surface area contributed by atoms with E-state index in [0.29, 0.717) is 44.3 Å². The predicted molar refractivity (Wildman–Crippen MR) is 102 cm³/mol. The molecule has 0 radical (unpaired) electrons. The summed E-state index contributed by atoms with van der Waals surface area (Å²) in [7, 11) is 1.61. The second-order valence-corrected chi connectivity index (χ2v) is 8.47.